The monoisotopic (exact) mass is 461 g/mol. The summed E-state index contributed by atoms with van der Waals surface area (Å²) in [4.78, 5) is 28.3. The molecule has 0 aliphatic carbocycles. The molecule has 0 aromatic heterocycles. The molecule has 0 bridgehead atoms. The van der Waals surface area contributed by atoms with Crippen molar-refractivity contribution < 1.29 is 23.1 Å². The van der Waals surface area contributed by atoms with Gasteiger partial charge in [0.1, 0.15) is 16.3 Å². The lowest BCUT2D eigenvalue weighted by atomic mass is 10.1. The molecule has 0 saturated heterocycles. The number of hydrogen-bond donors (Lipinski definition) is 3. The number of hydrogen-bond acceptors (Lipinski definition) is 9. The second-order valence-electron chi connectivity index (χ2n) is 6.32. The lowest BCUT2D eigenvalue weighted by molar-refractivity contribution is -0.0443. The largest absolute Gasteiger partial charge is 0.504 e. The maximum Gasteiger partial charge on any atom is 0.270 e. The summed E-state index contributed by atoms with van der Waals surface area (Å²) in [5.41, 5.74) is -1.68. The van der Waals surface area contributed by atoms with Crippen LogP contribution in [0.5, 0.6) is 5.75 Å². The highest BCUT2D eigenvalue weighted by molar-refractivity contribution is 7.89. The van der Waals surface area contributed by atoms with Crippen molar-refractivity contribution in [2.24, 2.45) is 0 Å². The molecule has 0 radical (unpaired) electrons. The molecule has 30 heavy (non-hydrogen) atoms. The Morgan fingerprint density at radius 1 is 1.17 bits per heavy atom. The van der Waals surface area contributed by atoms with Gasteiger partial charge in [0.25, 0.3) is 20.9 Å². The fourth-order valence-corrected chi connectivity index (χ4v) is 4.70. The number of methoxy groups -OCH3 is 1. The molecule has 0 spiro atoms. The first kappa shape index (κ1) is 24.1. The van der Waals surface area contributed by atoms with Crippen LogP contribution in [0.25, 0.3) is 0 Å². The van der Waals surface area contributed by atoms with Gasteiger partial charge in [-0.2, -0.15) is 0 Å². The third kappa shape index (κ3) is 4.44. The van der Waals surface area contributed by atoms with E-state index in [4.69, 9.17) is 21.2 Å². The fraction of sp³-hybridized carbons (Fsp3) is 0.444. The third-order valence-corrected chi connectivity index (χ3v) is 6.75. The fourth-order valence-electron chi connectivity index (χ4n) is 2.84. The number of sulfonamides is 1. The van der Waals surface area contributed by atoms with Gasteiger partial charge < -0.3 is 20.5 Å². The quantitative estimate of drug-likeness (QED) is 0.260. The van der Waals surface area contributed by atoms with Crippen LogP contribution < -0.4 is 21.5 Å². The molecule has 2 aromatic carbocycles. The zero-order chi connectivity index (χ0) is 22.6. The summed E-state index contributed by atoms with van der Waals surface area (Å²) in [5.74, 6) is -0.707. The van der Waals surface area contributed by atoms with E-state index in [0.29, 0.717) is 17.5 Å². The smallest absolute Gasteiger partial charge is 0.270 e. The third-order valence-electron chi connectivity index (χ3n) is 4.45. The Morgan fingerprint density at radius 2 is 1.80 bits per heavy atom. The molecule has 3 N–H and O–H groups in total. The Kier molecular flexibility index (Phi) is 7.83. The molecular weight excluding hydrogens is 438 g/mol. The Hall–Kier alpha value is -2.18. The average Bonchev–Trinajstić information content (AvgIpc) is 2.71. The summed E-state index contributed by atoms with van der Waals surface area (Å²) in [6.07, 6.45) is 0.630. The Bertz CT molecular complexity index is 1080. The van der Waals surface area contributed by atoms with E-state index in [-0.39, 0.29) is 34.7 Å². The van der Waals surface area contributed by atoms with Crippen LogP contribution in [-0.2, 0) is 19.6 Å². The molecule has 0 amide bonds. The van der Waals surface area contributed by atoms with E-state index in [9.17, 15) is 23.1 Å². The van der Waals surface area contributed by atoms with E-state index in [2.05, 4.69) is 10.6 Å². The number of hydroxylamine groups is 1. The zero-order valence-electron chi connectivity index (χ0n) is 17.0. The number of anilines is 3. The Morgan fingerprint density at radius 3 is 2.33 bits per heavy atom. The number of halogens is 1. The van der Waals surface area contributed by atoms with E-state index in [1.54, 1.807) is 6.92 Å². The number of nitrogens with zero attached hydrogens (tertiary/aromatic N) is 1. The lowest BCUT2D eigenvalue weighted by Crippen LogP contribution is -2.40. The second kappa shape index (κ2) is 9.75. The van der Waals surface area contributed by atoms with E-state index in [1.807, 2.05) is 6.92 Å². The van der Waals surface area contributed by atoms with Crippen molar-refractivity contribution in [3.05, 3.63) is 37.6 Å². The highest BCUT2D eigenvalue weighted by atomic mass is 35.5. The molecule has 2 rings (SSSR count). The molecule has 12 heteroatoms. The second-order valence-corrected chi connectivity index (χ2v) is 8.49. The predicted molar refractivity (Wildman–Crippen MR) is 114 cm³/mol. The first-order chi connectivity index (χ1) is 14.1. The van der Waals surface area contributed by atoms with Crippen LogP contribution >= 0.6 is 11.6 Å². The maximum absolute atomic E-state index is 12.8. The van der Waals surface area contributed by atoms with E-state index in [0.717, 1.165) is 0 Å². The highest BCUT2D eigenvalue weighted by Gasteiger charge is 2.32. The van der Waals surface area contributed by atoms with Gasteiger partial charge in [-0.1, -0.05) is 23.0 Å². The lowest BCUT2D eigenvalue weighted by Gasteiger charge is -2.22. The number of aromatic hydroxyl groups is 1. The van der Waals surface area contributed by atoms with Gasteiger partial charge in [-0.05, 0) is 25.5 Å². The maximum atomic E-state index is 12.8. The number of rotatable bonds is 11. The minimum atomic E-state index is -4.29. The van der Waals surface area contributed by atoms with Gasteiger partial charge in [0, 0.05) is 19.7 Å². The standard InChI is InChI=1S/C18H24ClN3O7S/c1-5-10(9-28-3)20-13-14(17(25)16(13)24)21-12-8-7-11(19)18(15(12)23)30(26,27)22(6-2)29-4/h7-8,10,20-21,23H,5-6,9H2,1-4H3/t10-/m0/s1. The summed E-state index contributed by atoms with van der Waals surface area (Å²) < 4.78 is 31.2. The van der Waals surface area contributed by atoms with Gasteiger partial charge in [-0.15, -0.1) is 0 Å². The molecule has 0 unspecified atom stereocenters. The zero-order valence-corrected chi connectivity index (χ0v) is 18.6. The predicted octanol–water partition coefficient (Wildman–Crippen LogP) is 1.79. The minimum absolute atomic E-state index is 0.0314. The molecule has 1 atom stereocenters. The number of phenols is 1. The van der Waals surface area contributed by atoms with Gasteiger partial charge in [0.15, 0.2) is 5.75 Å². The van der Waals surface area contributed by atoms with Crippen molar-refractivity contribution >= 4 is 38.7 Å². The molecule has 0 fully saturated rings. The van der Waals surface area contributed by atoms with Crippen molar-refractivity contribution in [3.63, 3.8) is 0 Å². The summed E-state index contributed by atoms with van der Waals surface area (Å²) in [5, 5.41) is 15.9. The van der Waals surface area contributed by atoms with Crippen molar-refractivity contribution in [1.82, 2.24) is 4.47 Å². The summed E-state index contributed by atoms with van der Waals surface area (Å²) in [6.45, 7) is 3.70. The first-order valence-electron chi connectivity index (χ1n) is 9.07. The van der Waals surface area contributed by atoms with Gasteiger partial charge in [-0.25, -0.2) is 8.42 Å². The molecule has 10 nitrogen and oxygen atoms in total. The van der Waals surface area contributed by atoms with Crippen LogP contribution in [0.15, 0.2) is 26.6 Å². The van der Waals surface area contributed by atoms with Crippen molar-refractivity contribution in [1.29, 1.82) is 0 Å². The topological polar surface area (TPSA) is 134 Å². The van der Waals surface area contributed by atoms with Crippen LogP contribution in [0.3, 0.4) is 0 Å². The normalized spacial score (nSPS) is 13.0. The summed E-state index contributed by atoms with van der Waals surface area (Å²) in [6, 6.07) is 2.33. The van der Waals surface area contributed by atoms with E-state index >= 15 is 0 Å². The highest BCUT2D eigenvalue weighted by Crippen LogP contribution is 2.40. The van der Waals surface area contributed by atoms with Crippen LogP contribution in [0.1, 0.15) is 20.3 Å². The minimum Gasteiger partial charge on any atom is -0.504 e. The van der Waals surface area contributed by atoms with Gasteiger partial charge in [-0.3, -0.25) is 14.4 Å². The number of nitrogens with one attached hydrogen (secondary N) is 2. The molecular formula is C18H24ClN3O7S. The van der Waals surface area contributed by atoms with Gasteiger partial charge >= 0.3 is 0 Å². The number of phenolic OH excluding ortho intramolecular Hbond substituents is 1. The summed E-state index contributed by atoms with van der Waals surface area (Å²) in [7, 11) is -1.61. The number of benzene rings is 1. The Labute approximate surface area is 179 Å². The average molecular weight is 462 g/mol. The molecule has 2 aromatic rings. The van der Waals surface area contributed by atoms with Gasteiger partial charge in [0.2, 0.25) is 0 Å². The van der Waals surface area contributed by atoms with E-state index in [1.165, 1.54) is 26.4 Å². The first-order valence-corrected chi connectivity index (χ1v) is 10.9. The SMILES string of the molecule is CC[C@@H](COC)Nc1c(Nc2ccc(Cl)c(S(=O)(=O)N(CC)OC)c2O)c(=O)c1=O. The number of ether oxygens (including phenoxy) is 1. The summed E-state index contributed by atoms with van der Waals surface area (Å²) >= 11 is 6.02. The Balaban J connectivity index is 2.47. The van der Waals surface area contributed by atoms with Crippen molar-refractivity contribution in [2.45, 2.75) is 31.2 Å². The van der Waals surface area contributed by atoms with Gasteiger partial charge in [0.05, 0.1) is 24.4 Å². The van der Waals surface area contributed by atoms with Crippen LogP contribution in [0, 0.1) is 0 Å². The van der Waals surface area contributed by atoms with Crippen LogP contribution in [-0.4, -0.2) is 51.4 Å². The van der Waals surface area contributed by atoms with Crippen molar-refractivity contribution in [2.75, 3.05) is 38.0 Å². The molecule has 0 aliphatic rings. The molecule has 0 saturated carbocycles. The molecule has 0 aliphatic heterocycles. The van der Waals surface area contributed by atoms with E-state index < -0.39 is 31.5 Å². The van der Waals surface area contributed by atoms with Crippen LogP contribution in [0.4, 0.5) is 17.1 Å². The molecule has 0 heterocycles. The van der Waals surface area contributed by atoms with Crippen molar-refractivity contribution in [3.8, 4) is 5.75 Å². The van der Waals surface area contributed by atoms with Crippen LogP contribution in [0.2, 0.25) is 5.02 Å². The molecule has 166 valence electrons.